The number of halogens is 2. The van der Waals surface area contributed by atoms with Crippen molar-refractivity contribution in [2.45, 2.75) is 18.7 Å². The first-order valence-electron chi connectivity index (χ1n) is 6.38. The van der Waals surface area contributed by atoms with Crippen molar-refractivity contribution in [3.63, 3.8) is 0 Å². The Morgan fingerprint density at radius 2 is 2.05 bits per heavy atom. The van der Waals surface area contributed by atoms with Crippen LogP contribution in [0.3, 0.4) is 0 Å². The van der Waals surface area contributed by atoms with E-state index >= 15 is 0 Å². The third-order valence-electron chi connectivity index (χ3n) is 3.19. The van der Waals surface area contributed by atoms with Crippen LogP contribution in [0.4, 0.5) is 0 Å². The highest BCUT2D eigenvalue weighted by molar-refractivity contribution is 9.10. The van der Waals surface area contributed by atoms with Crippen molar-refractivity contribution in [3.8, 4) is 0 Å². The molecule has 0 saturated carbocycles. The SMILES string of the molecule is Cc1ccc(C(Cl)Cc2nc3ccccc3s2)c(Br)c1. The van der Waals surface area contributed by atoms with E-state index < -0.39 is 0 Å². The number of rotatable bonds is 3. The first kappa shape index (κ1) is 14.1. The summed E-state index contributed by atoms with van der Waals surface area (Å²) in [4.78, 5) is 4.64. The van der Waals surface area contributed by atoms with Crippen LogP contribution >= 0.6 is 38.9 Å². The van der Waals surface area contributed by atoms with E-state index in [0.717, 1.165) is 27.0 Å². The van der Waals surface area contributed by atoms with Gasteiger partial charge in [0.1, 0.15) is 0 Å². The Bertz CT molecular complexity index is 720. The summed E-state index contributed by atoms with van der Waals surface area (Å²) in [5.74, 6) is 0. The van der Waals surface area contributed by atoms with Crippen LogP contribution in [-0.2, 0) is 6.42 Å². The summed E-state index contributed by atoms with van der Waals surface area (Å²) in [7, 11) is 0. The van der Waals surface area contributed by atoms with Gasteiger partial charge in [-0.2, -0.15) is 0 Å². The zero-order valence-corrected chi connectivity index (χ0v) is 14.1. The minimum atomic E-state index is -0.0643. The highest BCUT2D eigenvalue weighted by Gasteiger charge is 2.15. The van der Waals surface area contributed by atoms with E-state index in [1.165, 1.54) is 10.3 Å². The van der Waals surface area contributed by atoms with Crippen molar-refractivity contribution in [3.05, 3.63) is 63.1 Å². The van der Waals surface area contributed by atoms with Gasteiger partial charge in [-0.1, -0.05) is 40.2 Å². The molecule has 0 fully saturated rings. The van der Waals surface area contributed by atoms with Crippen LogP contribution < -0.4 is 0 Å². The molecule has 20 heavy (non-hydrogen) atoms. The number of alkyl halides is 1. The maximum absolute atomic E-state index is 6.56. The van der Waals surface area contributed by atoms with Crippen molar-refractivity contribution in [2.24, 2.45) is 0 Å². The van der Waals surface area contributed by atoms with E-state index in [9.17, 15) is 0 Å². The summed E-state index contributed by atoms with van der Waals surface area (Å²) in [6, 6.07) is 14.5. The Kier molecular flexibility index (Phi) is 4.11. The smallest absolute Gasteiger partial charge is 0.0956 e. The van der Waals surface area contributed by atoms with Gasteiger partial charge in [0.25, 0.3) is 0 Å². The summed E-state index contributed by atoms with van der Waals surface area (Å²) in [5.41, 5.74) is 3.40. The second-order valence-electron chi connectivity index (χ2n) is 4.77. The lowest BCUT2D eigenvalue weighted by Gasteiger charge is -2.11. The van der Waals surface area contributed by atoms with Gasteiger partial charge in [-0.15, -0.1) is 22.9 Å². The molecule has 3 rings (SSSR count). The summed E-state index contributed by atoms with van der Waals surface area (Å²) >= 11 is 11.9. The molecule has 1 heterocycles. The van der Waals surface area contributed by atoms with Crippen molar-refractivity contribution < 1.29 is 0 Å². The Hall–Kier alpha value is -0.900. The molecule has 3 aromatic rings. The fraction of sp³-hybridized carbons (Fsp3) is 0.188. The molecule has 1 unspecified atom stereocenters. The molecular formula is C16H13BrClNS. The lowest BCUT2D eigenvalue weighted by atomic mass is 10.1. The molecular weight excluding hydrogens is 354 g/mol. The molecule has 0 aliphatic rings. The van der Waals surface area contributed by atoms with Crippen LogP contribution in [0.2, 0.25) is 0 Å². The van der Waals surface area contributed by atoms with Gasteiger partial charge in [0, 0.05) is 10.9 Å². The average Bonchev–Trinajstić information content (AvgIpc) is 2.80. The zero-order chi connectivity index (χ0) is 14.1. The standard InChI is InChI=1S/C16H13BrClNS/c1-10-6-7-11(12(17)8-10)13(18)9-16-19-14-4-2-3-5-15(14)20-16/h2-8,13H,9H2,1H3. The molecule has 1 atom stereocenters. The van der Waals surface area contributed by atoms with E-state index in [1.54, 1.807) is 11.3 Å². The monoisotopic (exact) mass is 365 g/mol. The van der Waals surface area contributed by atoms with Gasteiger partial charge >= 0.3 is 0 Å². The van der Waals surface area contributed by atoms with E-state index in [0.29, 0.717) is 0 Å². The van der Waals surface area contributed by atoms with Gasteiger partial charge in [-0.05, 0) is 36.2 Å². The maximum atomic E-state index is 6.56. The van der Waals surface area contributed by atoms with Crippen LogP contribution in [0, 0.1) is 6.92 Å². The number of fused-ring (bicyclic) bond motifs is 1. The number of para-hydroxylation sites is 1. The summed E-state index contributed by atoms with van der Waals surface area (Å²) in [6.45, 7) is 2.07. The van der Waals surface area contributed by atoms with Crippen LogP contribution in [-0.4, -0.2) is 4.98 Å². The molecule has 0 spiro atoms. The molecule has 102 valence electrons. The quantitative estimate of drug-likeness (QED) is 0.527. The predicted octanol–water partition coefficient (Wildman–Crippen LogP) is 5.89. The molecule has 0 aliphatic heterocycles. The first-order chi connectivity index (χ1) is 9.63. The minimum Gasteiger partial charge on any atom is -0.241 e. The van der Waals surface area contributed by atoms with E-state index in [-0.39, 0.29) is 5.38 Å². The highest BCUT2D eigenvalue weighted by Crippen LogP contribution is 2.33. The Balaban J connectivity index is 1.86. The minimum absolute atomic E-state index is 0.0643. The number of hydrogen-bond donors (Lipinski definition) is 0. The highest BCUT2D eigenvalue weighted by atomic mass is 79.9. The molecule has 0 saturated heterocycles. The number of hydrogen-bond acceptors (Lipinski definition) is 2. The Labute approximate surface area is 135 Å². The molecule has 0 radical (unpaired) electrons. The molecule has 1 aromatic heterocycles. The molecule has 0 amide bonds. The van der Waals surface area contributed by atoms with Gasteiger partial charge in [0.2, 0.25) is 0 Å². The van der Waals surface area contributed by atoms with Gasteiger partial charge in [0.05, 0.1) is 20.6 Å². The van der Waals surface area contributed by atoms with Gasteiger partial charge < -0.3 is 0 Å². The largest absolute Gasteiger partial charge is 0.241 e. The maximum Gasteiger partial charge on any atom is 0.0956 e. The van der Waals surface area contributed by atoms with Gasteiger partial charge in [0.15, 0.2) is 0 Å². The molecule has 1 nitrogen and oxygen atoms in total. The van der Waals surface area contributed by atoms with Crippen molar-refractivity contribution >= 4 is 49.1 Å². The third kappa shape index (κ3) is 2.90. The normalized spacial score (nSPS) is 12.8. The fourth-order valence-electron chi connectivity index (χ4n) is 2.16. The molecule has 0 bridgehead atoms. The summed E-state index contributed by atoms with van der Waals surface area (Å²) in [5, 5.41) is 1.02. The lowest BCUT2D eigenvalue weighted by molar-refractivity contribution is 0.905. The van der Waals surface area contributed by atoms with Crippen LogP contribution in [0.15, 0.2) is 46.9 Å². The summed E-state index contributed by atoms with van der Waals surface area (Å²) in [6.07, 6.45) is 0.753. The molecule has 4 heteroatoms. The number of benzene rings is 2. The number of aryl methyl sites for hydroxylation is 1. The van der Waals surface area contributed by atoms with Crippen LogP contribution in [0.1, 0.15) is 21.5 Å². The van der Waals surface area contributed by atoms with Crippen LogP contribution in [0.25, 0.3) is 10.2 Å². The Morgan fingerprint density at radius 1 is 1.25 bits per heavy atom. The number of thiazole rings is 1. The second kappa shape index (κ2) is 5.84. The van der Waals surface area contributed by atoms with Crippen molar-refractivity contribution in [1.29, 1.82) is 0 Å². The van der Waals surface area contributed by atoms with Crippen molar-refractivity contribution in [1.82, 2.24) is 4.98 Å². The second-order valence-corrected chi connectivity index (χ2v) is 7.27. The van der Waals surface area contributed by atoms with E-state index in [4.69, 9.17) is 11.6 Å². The predicted molar refractivity (Wildman–Crippen MR) is 90.8 cm³/mol. The molecule has 0 aliphatic carbocycles. The summed E-state index contributed by atoms with van der Waals surface area (Å²) < 4.78 is 2.29. The molecule has 2 aromatic carbocycles. The van der Waals surface area contributed by atoms with Gasteiger partial charge in [-0.25, -0.2) is 4.98 Å². The molecule has 0 N–H and O–H groups in total. The lowest BCUT2D eigenvalue weighted by Crippen LogP contribution is -1.97. The van der Waals surface area contributed by atoms with E-state index in [2.05, 4.69) is 52.1 Å². The van der Waals surface area contributed by atoms with Gasteiger partial charge in [-0.3, -0.25) is 0 Å². The Morgan fingerprint density at radius 3 is 2.80 bits per heavy atom. The third-order valence-corrected chi connectivity index (χ3v) is 5.32. The fourth-order valence-corrected chi connectivity index (χ4v) is 4.50. The zero-order valence-electron chi connectivity index (χ0n) is 10.9. The first-order valence-corrected chi connectivity index (χ1v) is 8.42. The number of nitrogens with zero attached hydrogens (tertiary/aromatic N) is 1. The number of aromatic nitrogens is 1. The van der Waals surface area contributed by atoms with Crippen molar-refractivity contribution in [2.75, 3.05) is 0 Å². The average molecular weight is 367 g/mol. The topological polar surface area (TPSA) is 12.9 Å². The van der Waals surface area contributed by atoms with Crippen LogP contribution in [0.5, 0.6) is 0 Å². The van der Waals surface area contributed by atoms with E-state index in [1.807, 2.05) is 18.2 Å².